The van der Waals surface area contributed by atoms with Gasteiger partial charge in [0.1, 0.15) is 4.21 Å². The molecule has 1 amide bonds. The van der Waals surface area contributed by atoms with Crippen LogP contribution in [0.2, 0.25) is 0 Å². The summed E-state index contributed by atoms with van der Waals surface area (Å²) in [6.45, 7) is 6.68. The van der Waals surface area contributed by atoms with Gasteiger partial charge in [-0.1, -0.05) is 13.8 Å². The number of carbonyl (C=O) groups is 1. The molecule has 132 valence electrons. The van der Waals surface area contributed by atoms with E-state index in [2.05, 4.69) is 10.0 Å². The number of hydrogen-bond donors (Lipinski definition) is 3. The number of amides is 1. The molecule has 0 aliphatic carbocycles. The molecule has 1 aromatic heterocycles. The van der Waals surface area contributed by atoms with Gasteiger partial charge in [-0.2, -0.15) is 0 Å². The van der Waals surface area contributed by atoms with Gasteiger partial charge in [0.25, 0.3) is 0 Å². The van der Waals surface area contributed by atoms with Crippen molar-refractivity contribution in [2.75, 3.05) is 13.1 Å². The van der Waals surface area contributed by atoms with Crippen LogP contribution in [0.5, 0.6) is 0 Å². The first-order chi connectivity index (χ1) is 10.7. The van der Waals surface area contributed by atoms with Crippen LogP contribution in [-0.4, -0.2) is 33.5 Å². The fourth-order valence-electron chi connectivity index (χ4n) is 1.90. The molecule has 4 N–H and O–H groups in total. The van der Waals surface area contributed by atoms with Gasteiger partial charge < -0.3 is 11.1 Å². The summed E-state index contributed by atoms with van der Waals surface area (Å²) in [7, 11) is -3.47. The SMILES string of the molecule is CC(C)CC(=O)NCCc1ccc(S(=O)(=O)NCCC(C)N)s1. The highest BCUT2D eigenvalue weighted by Crippen LogP contribution is 2.21. The second kappa shape index (κ2) is 9.36. The van der Waals surface area contributed by atoms with Gasteiger partial charge >= 0.3 is 0 Å². The lowest BCUT2D eigenvalue weighted by molar-refractivity contribution is -0.121. The molecular formula is C15H27N3O3S2. The van der Waals surface area contributed by atoms with E-state index in [0.29, 0.717) is 42.5 Å². The Bertz CT molecular complexity index is 595. The molecule has 0 aliphatic heterocycles. The number of rotatable bonds is 10. The number of carbonyl (C=O) groups excluding carboxylic acids is 1. The van der Waals surface area contributed by atoms with Gasteiger partial charge in [-0.15, -0.1) is 11.3 Å². The minimum atomic E-state index is -3.47. The Labute approximate surface area is 142 Å². The normalized spacial score (nSPS) is 13.3. The fourth-order valence-corrected chi connectivity index (χ4v) is 4.34. The van der Waals surface area contributed by atoms with Gasteiger partial charge in [0.15, 0.2) is 0 Å². The molecule has 0 spiro atoms. The molecule has 6 nitrogen and oxygen atoms in total. The van der Waals surface area contributed by atoms with E-state index < -0.39 is 10.0 Å². The highest BCUT2D eigenvalue weighted by molar-refractivity contribution is 7.91. The highest BCUT2D eigenvalue weighted by Gasteiger charge is 2.16. The van der Waals surface area contributed by atoms with Crippen LogP contribution in [0.1, 0.15) is 38.5 Å². The van der Waals surface area contributed by atoms with E-state index in [1.165, 1.54) is 11.3 Å². The third-order valence-corrected chi connectivity index (χ3v) is 6.18. The van der Waals surface area contributed by atoms with Crippen LogP contribution in [-0.2, 0) is 21.2 Å². The summed E-state index contributed by atoms with van der Waals surface area (Å²) in [6.07, 6.45) is 1.73. The van der Waals surface area contributed by atoms with E-state index in [1.807, 2.05) is 20.8 Å². The van der Waals surface area contributed by atoms with Crippen molar-refractivity contribution in [3.63, 3.8) is 0 Å². The Morgan fingerprint density at radius 3 is 2.57 bits per heavy atom. The highest BCUT2D eigenvalue weighted by atomic mass is 32.2. The molecule has 0 radical (unpaired) electrons. The van der Waals surface area contributed by atoms with Crippen molar-refractivity contribution in [2.24, 2.45) is 11.7 Å². The standard InChI is InChI=1S/C15H27N3O3S2/c1-11(2)10-14(19)17-8-7-13-4-5-15(22-13)23(20,21)18-9-6-12(3)16/h4-5,11-12,18H,6-10,16H2,1-3H3,(H,17,19). The predicted octanol–water partition coefficient (Wildman–Crippen LogP) is 1.47. The molecule has 23 heavy (non-hydrogen) atoms. The maximum atomic E-state index is 12.1. The van der Waals surface area contributed by atoms with Crippen molar-refractivity contribution in [3.05, 3.63) is 17.0 Å². The molecule has 0 aromatic carbocycles. The van der Waals surface area contributed by atoms with Gasteiger partial charge in [0.05, 0.1) is 0 Å². The molecule has 1 atom stereocenters. The second-order valence-corrected chi connectivity index (χ2v) is 9.24. The van der Waals surface area contributed by atoms with Gasteiger partial charge in [0.2, 0.25) is 15.9 Å². The van der Waals surface area contributed by atoms with Crippen molar-refractivity contribution in [2.45, 2.75) is 50.3 Å². The number of nitrogens with two attached hydrogens (primary N) is 1. The van der Waals surface area contributed by atoms with Crippen LogP contribution in [0.4, 0.5) is 0 Å². The molecule has 0 saturated carbocycles. The Morgan fingerprint density at radius 1 is 1.26 bits per heavy atom. The Hall–Kier alpha value is -0.960. The first kappa shape index (κ1) is 20.1. The summed E-state index contributed by atoms with van der Waals surface area (Å²) in [4.78, 5) is 12.5. The van der Waals surface area contributed by atoms with Crippen LogP contribution in [0, 0.1) is 5.92 Å². The van der Waals surface area contributed by atoms with Crippen LogP contribution >= 0.6 is 11.3 Å². The monoisotopic (exact) mass is 361 g/mol. The van der Waals surface area contributed by atoms with Gasteiger partial charge in [0, 0.05) is 30.4 Å². The predicted molar refractivity (Wildman–Crippen MR) is 93.9 cm³/mol. The first-order valence-electron chi connectivity index (χ1n) is 7.81. The number of sulfonamides is 1. The summed E-state index contributed by atoms with van der Waals surface area (Å²) >= 11 is 1.23. The number of nitrogens with one attached hydrogen (secondary N) is 2. The van der Waals surface area contributed by atoms with Crippen molar-refractivity contribution < 1.29 is 13.2 Å². The summed E-state index contributed by atoms with van der Waals surface area (Å²) in [5, 5.41) is 2.85. The average Bonchev–Trinajstić information content (AvgIpc) is 2.86. The second-order valence-electron chi connectivity index (χ2n) is 6.08. The summed E-state index contributed by atoms with van der Waals surface area (Å²) in [5.74, 6) is 0.359. The van der Waals surface area contributed by atoms with Gasteiger partial charge in [-0.3, -0.25) is 4.79 Å². The number of hydrogen-bond acceptors (Lipinski definition) is 5. The first-order valence-corrected chi connectivity index (χ1v) is 10.1. The van der Waals surface area contributed by atoms with Crippen molar-refractivity contribution in [3.8, 4) is 0 Å². The Balaban J connectivity index is 2.46. The topological polar surface area (TPSA) is 101 Å². The molecule has 0 saturated heterocycles. The van der Waals surface area contributed by atoms with E-state index in [1.54, 1.807) is 12.1 Å². The lowest BCUT2D eigenvalue weighted by Crippen LogP contribution is -2.28. The smallest absolute Gasteiger partial charge is 0.250 e. The fraction of sp³-hybridized carbons (Fsp3) is 0.667. The molecule has 8 heteroatoms. The zero-order chi connectivity index (χ0) is 17.5. The van der Waals surface area contributed by atoms with E-state index in [0.717, 1.165) is 4.88 Å². The molecule has 1 unspecified atom stereocenters. The molecule has 1 rings (SSSR count). The average molecular weight is 362 g/mol. The maximum Gasteiger partial charge on any atom is 0.250 e. The van der Waals surface area contributed by atoms with Crippen molar-refractivity contribution in [1.29, 1.82) is 0 Å². The largest absolute Gasteiger partial charge is 0.356 e. The molecule has 1 aromatic rings. The third kappa shape index (κ3) is 7.92. The Kier molecular flexibility index (Phi) is 8.18. The Morgan fingerprint density at radius 2 is 1.96 bits per heavy atom. The van der Waals surface area contributed by atoms with Crippen LogP contribution in [0.25, 0.3) is 0 Å². The van der Waals surface area contributed by atoms with E-state index >= 15 is 0 Å². The summed E-state index contributed by atoms with van der Waals surface area (Å²) < 4.78 is 27.1. The maximum absolute atomic E-state index is 12.1. The minimum Gasteiger partial charge on any atom is -0.356 e. The molecule has 1 heterocycles. The van der Waals surface area contributed by atoms with Gasteiger partial charge in [-0.05, 0) is 37.8 Å². The third-order valence-electron chi connectivity index (χ3n) is 3.08. The quantitative estimate of drug-likeness (QED) is 0.587. The molecule has 0 fully saturated rings. The van der Waals surface area contributed by atoms with Crippen molar-refractivity contribution >= 4 is 27.3 Å². The van der Waals surface area contributed by atoms with E-state index in [4.69, 9.17) is 5.73 Å². The zero-order valence-electron chi connectivity index (χ0n) is 14.0. The van der Waals surface area contributed by atoms with Gasteiger partial charge in [-0.25, -0.2) is 13.1 Å². The zero-order valence-corrected chi connectivity index (χ0v) is 15.6. The molecular weight excluding hydrogens is 334 g/mol. The van der Waals surface area contributed by atoms with E-state index in [-0.39, 0.29) is 11.9 Å². The summed E-state index contributed by atoms with van der Waals surface area (Å²) in [5.41, 5.74) is 5.61. The minimum absolute atomic E-state index is 0.0296. The molecule has 0 bridgehead atoms. The van der Waals surface area contributed by atoms with Crippen LogP contribution in [0.15, 0.2) is 16.3 Å². The van der Waals surface area contributed by atoms with Crippen LogP contribution < -0.4 is 15.8 Å². The lowest BCUT2D eigenvalue weighted by atomic mass is 10.1. The number of thiophene rings is 1. The molecule has 0 aliphatic rings. The summed E-state index contributed by atoms with van der Waals surface area (Å²) in [6, 6.07) is 3.36. The van der Waals surface area contributed by atoms with Crippen molar-refractivity contribution in [1.82, 2.24) is 10.0 Å². The van der Waals surface area contributed by atoms with E-state index in [9.17, 15) is 13.2 Å². The van der Waals surface area contributed by atoms with Crippen LogP contribution in [0.3, 0.4) is 0 Å². The lowest BCUT2D eigenvalue weighted by Gasteiger charge is -2.07.